The summed E-state index contributed by atoms with van der Waals surface area (Å²) in [6.07, 6.45) is 5.52. The van der Waals surface area contributed by atoms with Gasteiger partial charge in [-0.25, -0.2) is 0 Å². The van der Waals surface area contributed by atoms with Crippen LogP contribution in [0.4, 0.5) is 25.1 Å². The van der Waals surface area contributed by atoms with Gasteiger partial charge in [0.25, 0.3) is 0 Å². The lowest BCUT2D eigenvalue weighted by Crippen LogP contribution is -2.51. The number of aliphatic hydroxyl groups is 1. The van der Waals surface area contributed by atoms with E-state index in [2.05, 4.69) is 20.8 Å². The van der Waals surface area contributed by atoms with Crippen molar-refractivity contribution in [2.75, 3.05) is 11.4 Å². The number of amides is 2. The predicted molar refractivity (Wildman–Crippen MR) is 150 cm³/mol. The van der Waals surface area contributed by atoms with Gasteiger partial charge < -0.3 is 15.7 Å². The Morgan fingerprint density at radius 1 is 1.05 bits per heavy atom. The molecule has 2 amide bonds. The maximum absolute atomic E-state index is 14.2. The molecule has 3 atom stereocenters. The van der Waals surface area contributed by atoms with Gasteiger partial charge in [-0.05, 0) is 50.1 Å². The molecule has 2 aromatic carbocycles. The molecule has 1 aromatic heterocycles. The van der Waals surface area contributed by atoms with Crippen molar-refractivity contribution in [3.05, 3.63) is 60.3 Å². The van der Waals surface area contributed by atoms with Crippen LogP contribution in [0.3, 0.4) is 0 Å². The first-order chi connectivity index (χ1) is 19.5. The maximum Gasteiger partial charge on any atom is 0.310 e. The molecule has 1 saturated carbocycles. The molecule has 5 rings (SSSR count). The quantitative estimate of drug-likeness (QED) is 0.286. The Hall–Kier alpha value is -3.36. The molecule has 3 N–H and O–H groups in total. The summed E-state index contributed by atoms with van der Waals surface area (Å²) in [5.41, 5.74) is -0.799. The van der Waals surface area contributed by atoms with Crippen LogP contribution < -0.4 is 15.5 Å². The fraction of sp³-hybridized carbons (Fsp3) is 0.429. The zero-order valence-corrected chi connectivity index (χ0v) is 23.6. The number of nitrogens with one attached hydrogen (secondary N) is 2. The Kier molecular flexibility index (Phi) is 7.26. The highest BCUT2D eigenvalue weighted by Crippen LogP contribution is 3.02. The van der Waals surface area contributed by atoms with Crippen LogP contribution >= 0.6 is 10.2 Å². The van der Waals surface area contributed by atoms with Gasteiger partial charge in [0.15, 0.2) is 0 Å². The van der Waals surface area contributed by atoms with Crippen LogP contribution in [0, 0.1) is 0 Å². The van der Waals surface area contributed by atoms with Gasteiger partial charge >= 0.3 is 10.2 Å². The average molecular weight is 614 g/mol. The summed E-state index contributed by atoms with van der Waals surface area (Å²) in [6, 6.07) is 6.06. The molecule has 8 nitrogen and oxygen atoms in total. The molecule has 1 aliphatic heterocycles. The van der Waals surface area contributed by atoms with E-state index in [4.69, 9.17) is 0 Å². The molecule has 0 bridgehead atoms. The van der Waals surface area contributed by atoms with E-state index in [1.165, 1.54) is 13.1 Å². The minimum Gasteiger partial charge on any atom is -0.389 e. The molecule has 14 heteroatoms. The van der Waals surface area contributed by atoms with Gasteiger partial charge in [-0.15, -0.1) is 0 Å². The van der Waals surface area contributed by atoms with Crippen LogP contribution in [0.5, 0.6) is 0 Å². The number of carbonyl (C=O) groups excluding carboxylic acids is 2. The molecule has 0 spiro atoms. The molecular weight excluding hydrogens is 581 g/mol. The first kappa shape index (κ1) is 30.1. The third-order valence-electron chi connectivity index (χ3n) is 7.80. The molecule has 2 fully saturated rings. The highest BCUT2D eigenvalue weighted by atomic mass is 32.5. The number of carbonyl (C=O) groups is 2. The summed E-state index contributed by atoms with van der Waals surface area (Å²) < 4.78 is 67.8. The van der Waals surface area contributed by atoms with Crippen molar-refractivity contribution in [2.45, 2.75) is 74.1 Å². The standard InChI is InChI=1S/C28H32F5N5O3S/c1-28(41)15-24(34-17-28)27(40)38(19-11-13-20(14-12-19)42(29,30,31,32)33)25(26(39)36-18-7-3-2-4-8-18)22-16-35-37-23-10-6-5-9-21(22)23/h5-6,9-14,16,18,24-25,34,41H,2-4,7-8,15,17H2,1H3,(H,36,39)/t24-,25?,28-/m1/s1. The summed E-state index contributed by atoms with van der Waals surface area (Å²) >= 11 is 0. The second-order valence-corrected chi connectivity index (χ2v) is 13.8. The molecule has 2 heterocycles. The van der Waals surface area contributed by atoms with Crippen molar-refractivity contribution in [3.63, 3.8) is 0 Å². The smallest absolute Gasteiger partial charge is 0.310 e. The molecule has 2 aliphatic rings. The Labute approximate surface area is 239 Å². The summed E-state index contributed by atoms with van der Waals surface area (Å²) in [7, 11) is -10.0. The fourth-order valence-electron chi connectivity index (χ4n) is 5.71. The maximum atomic E-state index is 14.2. The van der Waals surface area contributed by atoms with Gasteiger partial charge in [-0.1, -0.05) is 56.9 Å². The Balaban J connectivity index is 1.66. The Morgan fingerprint density at radius 2 is 1.71 bits per heavy atom. The molecule has 1 aliphatic carbocycles. The lowest BCUT2D eigenvalue weighted by Gasteiger charge is -2.41. The largest absolute Gasteiger partial charge is 0.389 e. The lowest BCUT2D eigenvalue weighted by atomic mass is 9.94. The predicted octanol–water partition coefficient (Wildman–Crippen LogP) is 5.92. The Bertz CT molecular complexity index is 1490. The van der Waals surface area contributed by atoms with E-state index in [9.17, 15) is 34.1 Å². The van der Waals surface area contributed by atoms with Crippen LogP contribution in [-0.2, 0) is 9.59 Å². The van der Waals surface area contributed by atoms with E-state index in [-0.39, 0.29) is 42.4 Å². The van der Waals surface area contributed by atoms with Gasteiger partial charge in [0, 0.05) is 35.6 Å². The van der Waals surface area contributed by atoms with Crippen LogP contribution in [0.2, 0.25) is 0 Å². The topological polar surface area (TPSA) is 107 Å². The van der Waals surface area contributed by atoms with E-state index < -0.39 is 44.6 Å². The van der Waals surface area contributed by atoms with E-state index in [0.717, 1.165) is 36.3 Å². The summed E-state index contributed by atoms with van der Waals surface area (Å²) in [6.45, 7) is 1.58. The van der Waals surface area contributed by atoms with Crippen molar-refractivity contribution in [1.29, 1.82) is 0 Å². The number of fused-ring (bicyclic) bond motifs is 1. The summed E-state index contributed by atoms with van der Waals surface area (Å²) in [4.78, 5) is 27.2. The number of anilines is 1. The monoisotopic (exact) mass is 613 g/mol. The fourth-order valence-corrected chi connectivity index (χ4v) is 6.36. The van der Waals surface area contributed by atoms with Crippen molar-refractivity contribution >= 4 is 38.6 Å². The average Bonchev–Trinajstić information content (AvgIpc) is 3.30. The van der Waals surface area contributed by atoms with Crippen molar-refractivity contribution in [3.8, 4) is 0 Å². The second kappa shape index (κ2) is 10.1. The molecule has 1 saturated heterocycles. The van der Waals surface area contributed by atoms with E-state index in [1.54, 1.807) is 24.3 Å². The van der Waals surface area contributed by atoms with E-state index >= 15 is 0 Å². The second-order valence-electron chi connectivity index (χ2n) is 11.4. The first-order valence-electron chi connectivity index (χ1n) is 13.7. The van der Waals surface area contributed by atoms with Crippen molar-refractivity contribution in [2.24, 2.45) is 0 Å². The zero-order valence-electron chi connectivity index (χ0n) is 22.8. The number of hydrogen-bond donors (Lipinski definition) is 3. The highest BCUT2D eigenvalue weighted by molar-refractivity contribution is 8.45. The van der Waals surface area contributed by atoms with E-state index in [0.29, 0.717) is 23.7 Å². The van der Waals surface area contributed by atoms with Gasteiger partial charge in [-0.2, -0.15) is 10.2 Å². The lowest BCUT2D eigenvalue weighted by molar-refractivity contribution is -0.128. The molecule has 42 heavy (non-hydrogen) atoms. The van der Waals surface area contributed by atoms with Gasteiger partial charge in [0.05, 0.1) is 23.4 Å². The first-order valence-corrected chi connectivity index (χ1v) is 15.6. The SMILES string of the molecule is C[C@]1(O)CN[C@@H](C(=O)N(c2ccc(S(F)(F)(F)(F)F)cc2)C(C(=O)NC2CCCCC2)c2cnnc3ccccc23)C1. The highest BCUT2D eigenvalue weighted by Gasteiger charge is 2.65. The molecule has 0 radical (unpaired) electrons. The number of benzene rings is 2. The number of nitrogens with zero attached hydrogens (tertiary/aromatic N) is 3. The molecule has 3 aromatic rings. The van der Waals surface area contributed by atoms with E-state index in [1.807, 2.05) is 0 Å². The van der Waals surface area contributed by atoms with Gasteiger partial charge in [-0.3, -0.25) is 14.5 Å². The molecule has 228 valence electrons. The minimum atomic E-state index is -10.0. The van der Waals surface area contributed by atoms with Crippen molar-refractivity contribution in [1.82, 2.24) is 20.8 Å². The van der Waals surface area contributed by atoms with Crippen LogP contribution in [0.15, 0.2) is 59.6 Å². The van der Waals surface area contributed by atoms with Crippen LogP contribution in [-0.4, -0.2) is 51.3 Å². The third-order valence-corrected chi connectivity index (χ3v) is 8.96. The number of aromatic nitrogens is 2. The normalized spacial score (nSPS) is 24.0. The summed E-state index contributed by atoms with van der Waals surface area (Å²) in [5, 5.41) is 25.0. The number of rotatable bonds is 7. The van der Waals surface area contributed by atoms with Gasteiger partial charge in [0.2, 0.25) is 11.8 Å². The molecular formula is C28H32F5N5O3S. The van der Waals surface area contributed by atoms with Crippen molar-refractivity contribution < 1.29 is 34.1 Å². The zero-order chi connectivity index (χ0) is 30.4. The Morgan fingerprint density at radius 3 is 2.33 bits per heavy atom. The molecule has 1 unspecified atom stereocenters. The van der Waals surface area contributed by atoms with Gasteiger partial charge in [0.1, 0.15) is 10.9 Å². The van der Waals surface area contributed by atoms with Crippen LogP contribution in [0.1, 0.15) is 57.1 Å². The number of hydrogen-bond acceptors (Lipinski definition) is 6. The van der Waals surface area contributed by atoms with Crippen LogP contribution in [0.25, 0.3) is 10.9 Å². The number of halogens is 5. The number of β-amino-alcohol motifs (C(OH)–C–C–N with tert-alkyl or cyclic N) is 1. The minimum absolute atomic E-state index is 0.0435. The third kappa shape index (κ3) is 6.50. The summed E-state index contributed by atoms with van der Waals surface area (Å²) in [5.74, 6) is -1.33.